The Hall–Kier alpha value is -0.650. The first-order valence-corrected chi connectivity index (χ1v) is 8.65. The van der Waals surface area contributed by atoms with Crippen molar-refractivity contribution in [3.8, 4) is 0 Å². The fourth-order valence-corrected chi connectivity index (χ4v) is 1.69. The van der Waals surface area contributed by atoms with Crippen LogP contribution in [0.15, 0.2) is 30.4 Å². The molecule has 0 aliphatic heterocycles. The van der Waals surface area contributed by atoms with E-state index in [9.17, 15) is 0 Å². The van der Waals surface area contributed by atoms with Crippen LogP contribution in [0.25, 0.3) is 12.7 Å². The standard InChI is InChI=1S/C16H22O.C3H8O.C2H6.HI/c1-4-16-13-15(11-10-14(16)3)9-7-6-8-12-17-5-2;1-3-4-2;1-2;/h4,6,8,10-11,13H,3,5,7,9,12H2,1-2H3;3H2,1-2H3;1-2H3;1H/b8-6+,16-4-;;;. The van der Waals surface area contributed by atoms with Crippen LogP contribution in [0.1, 0.15) is 46.6 Å². The average molecular weight is 448 g/mol. The summed E-state index contributed by atoms with van der Waals surface area (Å²) < 4.78 is 9.78. The molecule has 1 aromatic rings. The van der Waals surface area contributed by atoms with Crippen molar-refractivity contribution in [3.05, 3.63) is 46.4 Å². The van der Waals surface area contributed by atoms with E-state index in [0.29, 0.717) is 0 Å². The van der Waals surface area contributed by atoms with Crippen molar-refractivity contribution >= 4 is 36.6 Å². The lowest BCUT2D eigenvalue weighted by molar-refractivity contribution is 0.177. The lowest BCUT2D eigenvalue weighted by Gasteiger charge is -1.99. The van der Waals surface area contributed by atoms with Crippen LogP contribution in [0.4, 0.5) is 0 Å². The van der Waals surface area contributed by atoms with Crippen LogP contribution >= 0.6 is 24.0 Å². The highest BCUT2D eigenvalue weighted by Gasteiger charge is 1.91. The lowest BCUT2D eigenvalue weighted by Crippen LogP contribution is -2.22. The molecular weight excluding hydrogens is 411 g/mol. The number of hydrogen-bond donors (Lipinski definition) is 0. The van der Waals surface area contributed by atoms with Crippen LogP contribution in [0.2, 0.25) is 0 Å². The van der Waals surface area contributed by atoms with Gasteiger partial charge in [0.05, 0.1) is 6.61 Å². The van der Waals surface area contributed by atoms with E-state index in [1.54, 1.807) is 7.11 Å². The first-order chi connectivity index (χ1) is 11.2. The zero-order chi connectivity index (χ0) is 17.9. The maximum atomic E-state index is 5.24. The van der Waals surface area contributed by atoms with Crippen LogP contribution in [0, 0.1) is 0 Å². The second kappa shape index (κ2) is 22.4. The molecule has 2 nitrogen and oxygen atoms in total. The topological polar surface area (TPSA) is 18.5 Å². The van der Waals surface area contributed by atoms with Crippen molar-refractivity contribution in [1.82, 2.24) is 0 Å². The van der Waals surface area contributed by atoms with E-state index >= 15 is 0 Å². The maximum absolute atomic E-state index is 5.24. The Balaban J connectivity index is -0.000000551. The van der Waals surface area contributed by atoms with E-state index in [0.717, 1.165) is 37.9 Å². The molecule has 0 fully saturated rings. The Kier molecular flexibility index (Phi) is 26.2. The minimum Gasteiger partial charge on any atom is -0.385 e. The average Bonchev–Trinajstić information content (AvgIpc) is 2.61. The Morgan fingerprint density at radius 1 is 1.08 bits per heavy atom. The van der Waals surface area contributed by atoms with Gasteiger partial charge in [0.15, 0.2) is 0 Å². The van der Waals surface area contributed by atoms with Gasteiger partial charge < -0.3 is 9.47 Å². The fourth-order valence-electron chi connectivity index (χ4n) is 1.69. The Morgan fingerprint density at radius 2 is 1.71 bits per heavy atom. The number of benzene rings is 1. The molecule has 0 N–H and O–H groups in total. The van der Waals surface area contributed by atoms with Gasteiger partial charge in [-0.1, -0.05) is 56.9 Å². The molecule has 0 unspecified atom stereocenters. The number of halogens is 1. The zero-order valence-electron chi connectivity index (χ0n) is 16.4. The third kappa shape index (κ3) is 16.2. The van der Waals surface area contributed by atoms with Gasteiger partial charge in [0.25, 0.3) is 0 Å². The van der Waals surface area contributed by atoms with Crippen LogP contribution in [-0.4, -0.2) is 26.9 Å². The lowest BCUT2D eigenvalue weighted by atomic mass is 10.1. The number of hydrogen-bond acceptors (Lipinski definition) is 2. The summed E-state index contributed by atoms with van der Waals surface area (Å²) >= 11 is 0. The fraction of sp³-hybridized carbons (Fsp3) is 0.524. The first kappa shape index (κ1) is 28.2. The molecule has 0 aromatic heterocycles. The van der Waals surface area contributed by atoms with Crippen molar-refractivity contribution < 1.29 is 9.47 Å². The molecule has 0 bridgehead atoms. The van der Waals surface area contributed by atoms with Gasteiger partial charge in [0, 0.05) is 20.3 Å². The van der Waals surface area contributed by atoms with Crippen molar-refractivity contribution in [1.29, 1.82) is 0 Å². The molecule has 0 aliphatic carbocycles. The van der Waals surface area contributed by atoms with Crippen LogP contribution in [0.3, 0.4) is 0 Å². The maximum Gasteiger partial charge on any atom is 0.0647 e. The third-order valence-electron chi connectivity index (χ3n) is 2.99. The minimum absolute atomic E-state index is 0. The Bertz CT molecular complexity index is 493. The molecule has 0 radical (unpaired) electrons. The largest absolute Gasteiger partial charge is 0.385 e. The summed E-state index contributed by atoms with van der Waals surface area (Å²) in [5, 5.41) is 2.34. The minimum atomic E-state index is 0. The number of methoxy groups -OCH3 is 1. The van der Waals surface area contributed by atoms with Crippen molar-refractivity contribution in [2.75, 3.05) is 26.9 Å². The van der Waals surface area contributed by atoms with E-state index in [4.69, 9.17) is 4.74 Å². The summed E-state index contributed by atoms with van der Waals surface area (Å²) in [5.74, 6) is 0. The predicted molar refractivity (Wildman–Crippen MR) is 120 cm³/mol. The van der Waals surface area contributed by atoms with Gasteiger partial charge in [0.2, 0.25) is 0 Å². The van der Waals surface area contributed by atoms with E-state index in [2.05, 4.69) is 54.7 Å². The Labute approximate surface area is 166 Å². The highest BCUT2D eigenvalue weighted by atomic mass is 127. The van der Waals surface area contributed by atoms with Gasteiger partial charge >= 0.3 is 0 Å². The van der Waals surface area contributed by atoms with Gasteiger partial charge in [-0.15, -0.1) is 24.0 Å². The van der Waals surface area contributed by atoms with Gasteiger partial charge in [-0.2, -0.15) is 0 Å². The molecule has 1 rings (SSSR count). The molecule has 3 heteroatoms. The number of aryl methyl sites for hydroxylation is 1. The normalized spacial score (nSPS) is 10.3. The van der Waals surface area contributed by atoms with Gasteiger partial charge in [-0.25, -0.2) is 0 Å². The van der Waals surface area contributed by atoms with Crippen molar-refractivity contribution in [3.63, 3.8) is 0 Å². The summed E-state index contributed by atoms with van der Waals surface area (Å²) in [7, 11) is 1.68. The molecular formula is C21H37IO2. The third-order valence-corrected chi connectivity index (χ3v) is 2.99. The SMILES string of the molecule is C=c1ccc(CC/C=C/COCC)c/c1=C/C.CC.CCOC.I. The molecule has 0 saturated heterocycles. The molecule has 1 aromatic carbocycles. The number of rotatable bonds is 7. The number of ether oxygens (including phenoxy) is 2. The monoisotopic (exact) mass is 448 g/mol. The van der Waals surface area contributed by atoms with Crippen molar-refractivity contribution in [2.24, 2.45) is 0 Å². The first-order valence-electron chi connectivity index (χ1n) is 8.65. The molecule has 0 atom stereocenters. The van der Waals surface area contributed by atoms with Gasteiger partial charge in [-0.05, 0) is 49.6 Å². The summed E-state index contributed by atoms with van der Waals surface area (Å²) in [6.45, 7) is 16.3. The summed E-state index contributed by atoms with van der Waals surface area (Å²) in [5.41, 5.74) is 1.37. The summed E-state index contributed by atoms with van der Waals surface area (Å²) in [6.07, 6.45) is 8.52. The van der Waals surface area contributed by atoms with Crippen molar-refractivity contribution in [2.45, 2.75) is 47.5 Å². The molecule has 0 saturated carbocycles. The summed E-state index contributed by atoms with van der Waals surface area (Å²) in [6, 6.07) is 6.47. The second-order valence-corrected chi connectivity index (χ2v) is 4.57. The van der Waals surface area contributed by atoms with E-state index < -0.39 is 0 Å². The molecule has 0 amide bonds. The highest BCUT2D eigenvalue weighted by Crippen LogP contribution is 1.99. The second-order valence-electron chi connectivity index (χ2n) is 4.57. The smallest absolute Gasteiger partial charge is 0.0647 e. The van der Waals surface area contributed by atoms with E-state index in [1.807, 2.05) is 27.7 Å². The van der Waals surface area contributed by atoms with Crippen LogP contribution in [-0.2, 0) is 15.9 Å². The van der Waals surface area contributed by atoms with Gasteiger partial charge in [0.1, 0.15) is 0 Å². The summed E-state index contributed by atoms with van der Waals surface area (Å²) in [4.78, 5) is 0. The van der Waals surface area contributed by atoms with Crippen LogP contribution < -0.4 is 10.4 Å². The van der Waals surface area contributed by atoms with E-state index in [1.165, 1.54) is 10.8 Å². The number of allylic oxidation sites excluding steroid dienone is 1. The molecule has 0 heterocycles. The zero-order valence-corrected chi connectivity index (χ0v) is 18.8. The Morgan fingerprint density at radius 3 is 2.21 bits per heavy atom. The molecule has 140 valence electrons. The van der Waals surface area contributed by atoms with Crippen LogP contribution in [0.5, 0.6) is 0 Å². The predicted octanol–water partition coefficient (Wildman–Crippen LogP) is 4.72. The van der Waals surface area contributed by atoms with E-state index in [-0.39, 0.29) is 24.0 Å². The quantitative estimate of drug-likeness (QED) is 0.342. The highest BCUT2D eigenvalue weighted by molar-refractivity contribution is 14.0. The molecule has 0 aliphatic rings. The molecule has 0 spiro atoms. The molecule has 24 heavy (non-hydrogen) atoms. The van der Waals surface area contributed by atoms with Gasteiger partial charge in [-0.3, -0.25) is 0 Å².